The minimum absolute atomic E-state index is 0.0113. The van der Waals surface area contributed by atoms with E-state index in [0.717, 1.165) is 29.8 Å². The fraction of sp³-hybridized carbons (Fsp3) is 0.400. The number of hydrogen-bond acceptors (Lipinski definition) is 4. The number of H-pyrrole nitrogens is 1. The van der Waals surface area contributed by atoms with Gasteiger partial charge in [0.1, 0.15) is 17.8 Å². The molecule has 1 fully saturated rings. The van der Waals surface area contributed by atoms with Crippen molar-refractivity contribution in [1.29, 1.82) is 0 Å². The fourth-order valence-electron chi connectivity index (χ4n) is 2.95. The fourth-order valence-corrected chi connectivity index (χ4v) is 2.95. The first-order valence-electron chi connectivity index (χ1n) is 7.13. The van der Waals surface area contributed by atoms with Gasteiger partial charge in [-0.25, -0.2) is 9.97 Å². The number of piperidine rings is 1. The summed E-state index contributed by atoms with van der Waals surface area (Å²) < 4.78 is 0. The monoisotopic (exact) mass is 285 g/mol. The number of nitrogens with one attached hydrogen (secondary N) is 2. The molecule has 1 saturated heterocycles. The molecule has 2 atom stereocenters. The topological polar surface area (TPSA) is 73.9 Å². The number of carbonyl (C=O) groups excluding carboxylic acids is 1. The third-order valence-corrected chi connectivity index (χ3v) is 3.84. The van der Waals surface area contributed by atoms with Crippen molar-refractivity contribution in [3.05, 3.63) is 31.2 Å². The van der Waals surface area contributed by atoms with Crippen molar-refractivity contribution in [2.75, 3.05) is 18.4 Å². The van der Waals surface area contributed by atoms with Gasteiger partial charge in [-0.15, -0.1) is 0 Å². The van der Waals surface area contributed by atoms with Gasteiger partial charge in [0, 0.05) is 25.3 Å². The SMILES string of the molecule is C=CC(=O)N1CC(Nc2ncnc3[nH]ccc23)C[C@H](C)C1. The summed E-state index contributed by atoms with van der Waals surface area (Å²) in [5.41, 5.74) is 0.815. The van der Waals surface area contributed by atoms with Crippen LogP contribution in [0.3, 0.4) is 0 Å². The van der Waals surface area contributed by atoms with E-state index in [0.29, 0.717) is 12.5 Å². The third kappa shape index (κ3) is 2.74. The highest BCUT2D eigenvalue weighted by Gasteiger charge is 2.27. The number of aromatic nitrogens is 3. The molecule has 2 aromatic rings. The average molecular weight is 285 g/mol. The molecule has 0 saturated carbocycles. The minimum atomic E-state index is -0.0113. The summed E-state index contributed by atoms with van der Waals surface area (Å²) in [6.45, 7) is 7.18. The van der Waals surface area contributed by atoms with Crippen molar-refractivity contribution >= 4 is 22.8 Å². The Morgan fingerprint density at radius 1 is 1.52 bits per heavy atom. The van der Waals surface area contributed by atoms with Crippen LogP contribution in [0.4, 0.5) is 5.82 Å². The Bertz CT molecular complexity index is 665. The summed E-state index contributed by atoms with van der Waals surface area (Å²) in [7, 11) is 0. The molecule has 3 heterocycles. The molecule has 6 heteroatoms. The molecule has 1 aliphatic rings. The van der Waals surface area contributed by atoms with Crippen LogP contribution in [0.25, 0.3) is 11.0 Å². The van der Waals surface area contributed by atoms with E-state index >= 15 is 0 Å². The van der Waals surface area contributed by atoms with Crippen LogP contribution in [0.1, 0.15) is 13.3 Å². The Balaban J connectivity index is 1.79. The van der Waals surface area contributed by atoms with Crippen LogP contribution in [-0.4, -0.2) is 44.9 Å². The van der Waals surface area contributed by atoms with E-state index in [-0.39, 0.29) is 11.9 Å². The molecule has 2 aromatic heterocycles. The van der Waals surface area contributed by atoms with Crippen molar-refractivity contribution in [1.82, 2.24) is 19.9 Å². The van der Waals surface area contributed by atoms with E-state index in [9.17, 15) is 4.79 Å². The maximum Gasteiger partial charge on any atom is 0.246 e. The summed E-state index contributed by atoms with van der Waals surface area (Å²) in [5.74, 6) is 1.25. The molecule has 21 heavy (non-hydrogen) atoms. The quantitative estimate of drug-likeness (QED) is 0.843. The van der Waals surface area contributed by atoms with Crippen LogP contribution < -0.4 is 5.32 Å². The number of hydrogen-bond donors (Lipinski definition) is 2. The maximum atomic E-state index is 11.8. The highest BCUT2D eigenvalue weighted by atomic mass is 16.2. The summed E-state index contributed by atoms with van der Waals surface area (Å²) in [4.78, 5) is 25.3. The lowest BCUT2D eigenvalue weighted by atomic mass is 9.95. The summed E-state index contributed by atoms with van der Waals surface area (Å²) in [6, 6.07) is 2.14. The van der Waals surface area contributed by atoms with Crippen molar-refractivity contribution in [2.24, 2.45) is 5.92 Å². The van der Waals surface area contributed by atoms with E-state index in [1.165, 1.54) is 6.08 Å². The molecule has 1 amide bonds. The van der Waals surface area contributed by atoms with Gasteiger partial charge in [-0.3, -0.25) is 4.79 Å². The van der Waals surface area contributed by atoms with Gasteiger partial charge in [-0.1, -0.05) is 13.5 Å². The van der Waals surface area contributed by atoms with E-state index in [1.54, 1.807) is 6.33 Å². The second kappa shape index (κ2) is 5.55. The number of nitrogens with zero attached hydrogens (tertiary/aromatic N) is 3. The molecule has 0 spiro atoms. The van der Waals surface area contributed by atoms with E-state index in [2.05, 4.69) is 33.8 Å². The van der Waals surface area contributed by atoms with Crippen molar-refractivity contribution in [3.8, 4) is 0 Å². The van der Waals surface area contributed by atoms with E-state index < -0.39 is 0 Å². The zero-order valence-corrected chi connectivity index (χ0v) is 12.0. The Morgan fingerprint density at radius 3 is 3.19 bits per heavy atom. The first kappa shape index (κ1) is 13.6. The van der Waals surface area contributed by atoms with Crippen LogP contribution >= 0.6 is 0 Å². The highest BCUT2D eigenvalue weighted by molar-refractivity contribution is 5.88. The van der Waals surface area contributed by atoms with Crippen LogP contribution in [0.15, 0.2) is 31.2 Å². The number of anilines is 1. The number of likely N-dealkylation sites (tertiary alicyclic amines) is 1. The molecule has 0 aromatic carbocycles. The number of amides is 1. The molecular weight excluding hydrogens is 266 g/mol. The molecule has 0 aliphatic carbocycles. The molecule has 3 rings (SSSR count). The van der Waals surface area contributed by atoms with Crippen LogP contribution in [0.2, 0.25) is 0 Å². The van der Waals surface area contributed by atoms with Gasteiger partial charge in [0.2, 0.25) is 5.91 Å². The van der Waals surface area contributed by atoms with Gasteiger partial charge in [0.25, 0.3) is 0 Å². The first-order valence-corrected chi connectivity index (χ1v) is 7.13. The second-order valence-corrected chi connectivity index (χ2v) is 5.59. The number of carbonyl (C=O) groups is 1. The summed E-state index contributed by atoms with van der Waals surface area (Å²) >= 11 is 0. The van der Waals surface area contributed by atoms with Crippen LogP contribution in [0, 0.1) is 5.92 Å². The lowest BCUT2D eigenvalue weighted by molar-refractivity contribution is -0.127. The zero-order chi connectivity index (χ0) is 14.8. The number of fused-ring (bicyclic) bond motifs is 1. The molecule has 6 nitrogen and oxygen atoms in total. The Kier molecular flexibility index (Phi) is 3.60. The predicted molar refractivity (Wildman–Crippen MR) is 81.9 cm³/mol. The summed E-state index contributed by atoms with van der Waals surface area (Å²) in [5, 5.41) is 4.42. The summed E-state index contributed by atoms with van der Waals surface area (Å²) in [6.07, 6.45) is 5.78. The normalized spacial score (nSPS) is 22.2. The molecule has 1 unspecified atom stereocenters. The van der Waals surface area contributed by atoms with E-state index in [1.807, 2.05) is 17.2 Å². The van der Waals surface area contributed by atoms with Gasteiger partial charge in [0.05, 0.1) is 5.39 Å². The van der Waals surface area contributed by atoms with Gasteiger partial charge >= 0.3 is 0 Å². The first-order chi connectivity index (χ1) is 10.2. The predicted octanol–water partition coefficient (Wildman–Crippen LogP) is 1.79. The minimum Gasteiger partial charge on any atom is -0.365 e. The second-order valence-electron chi connectivity index (χ2n) is 5.59. The Labute approximate surface area is 123 Å². The van der Waals surface area contributed by atoms with Gasteiger partial charge < -0.3 is 15.2 Å². The van der Waals surface area contributed by atoms with Crippen LogP contribution in [0.5, 0.6) is 0 Å². The molecule has 1 aliphatic heterocycles. The standard InChI is InChI=1S/C15H19N5O/c1-3-13(21)20-7-10(2)6-11(8-20)19-15-12-4-5-16-14(12)17-9-18-15/h3-5,9-11H,1,6-8H2,2H3,(H2,16,17,18,19)/t10-,11?/m0/s1. The zero-order valence-electron chi connectivity index (χ0n) is 12.0. The van der Waals surface area contributed by atoms with E-state index in [4.69, 9.17) is 0 Å². The largest absolute Gasteiger partial charge is 0.365 e. The Morgan fingerprint density at radius 2 is 2.38 bits per heavy atom. The molecular formula is C15H19N5O. The third-order valence-electron chi connectivity index (χ3n) is 3.84. The average Bonchev–Trinajstić information content (AvgIpc) is 2.95. The number of aromatic amines is 1. The van der Waals surface area contributed by atoms with Crippen LogP contribution in [-0.2, 0) is 4.79 Å². The molecule has 2 N–H and O–H groups in total. The Hall–Kier alpha value is -2.37. The molecule has 110 valence electrons. The van der Waals surface area contributed by atoms with Crippen molar-refractivity contribution in [2.45, 2.75) is 19.4 Å². The highest BCUT2D eigenvalue weighted by Crippen LogP contribution is 2.23. The maximum absolute atomic E-state index is 11.8. The lowest BCUT2D eigenvalue weighted by Crippen LogP contribution is -2.47. The van der Waals surface area contributed by atoms with Gasteiger partial charge in [-0.2, -0.15) is 0 Å². The van der Waals surface area contributed by atoms with Gasteiger partial charge in [-0.05, 0) is 24.5 Å². The van der Waals surface area contributed by atoms with Crippen molar-refractivity contribution in [3.63, 3.8) is 0 Å². The smallest absolute Gasteiger partial charge is 0.246 e. The molecule has 0 radical (unpaired) electrons. The number of rotatable bonds is 3. The lowest BCUT2D eigenvalue weighted by Gasteiger charge is -2.36. The van der Waals surface area contributed by atoms with Crippen molar-refractivity contribution < 1.29 is 4.79 Å². The molecule has 0 bridgehead atoms. The van der Waals surface area contributed by atoms with Gasteiger partial charge in [0.15, 0.2) is 0 Å².